The fraction of sp³-hybridized carbons (Fsp3) is 0.733. The highest BCUT2D eigenvalue weighted by Gasteiger charge is 2.54. The predicted molar refractivity (Wildman–Crippen MR) is 77.3 cm³/mol. The van der Waals surface area contributed by atoms with E-state index in [1.807, 2.05) is 19.3 Å². The monoisotopic (exact) mass is 260 g/mol. The zero-order valence-electron chi connectivity index (χ0n) is 12.3. The lowest BCUT2D eigenvalue weighted by atomic mass is 9.91. The quantitative estimate of drug-likeness (QED) is 0.831. The maximum absolute atomic E-state index is 4.44. The Morgan fingerprint density at radius 3 is 2.47 bits per heavy atom. The Morgan fingerprint density at radius 1 is 1.26 bits per heavy atom. The molecule has 0 aromatic carbocycles. The third-order valence-corrected chi connectivity index (χ3v) is 4.75. The van der Waals surface area contributed by atoms with Crippen molar-refractivity contribution in [3.63, 3.8) is 0 Å². The second-order valence-corrected chi connectivity index (χ2v) is 6.57. The van der Waals surface area contributed by atoms with Crippen molar-refractivity contribution in [1.29, 1.82) is 0 Å². The molecule has 1 aromatic heterocycles. The second kappa shape index (κ2) is 4.75. The fourth-order valence-electron chi connectivity index (χ4n) is 3.44. The van der Waals surface area contributed by atoms with Crippen LogP contribution in [0.4, 0.5) is 5.95 Å². The average Bonchev–Trinajstić information content (AvgIpc) is 3.03. The lowest BCUT2D eigenvalue weighted by Crippen LogP contribution is -2.37. The molecule has 1 saturated carbocycles. The molecule has 2 heterocycles. The summed E-state index contributed by atoms with van der Waals surface area (Å²) in [6.07, 6.45) is 7.87. The zero-order valence-corrected chi connectivity index (χ0v) is 12.3. The van der Waals surface area contributed by atoms with Crippen LogP contribution in [-0.2, 0) is 0 Å². The van der Waals surface area contributed by atoms with E-state index in [4.69, 9.17) is 0 Å². The van der Waals surface area contributed by atoms with E-state index in [0.29, 0.717) is 5.41 Å². The molecule has 0 bridgehead atoms. The summed E-state index contributed by atoms with van der Waals surface area (Å²) in [5.74, 6) is 1.83. The van der Waals surface area contributed by atoms with Gasteiger partial charge in [-0.1, -0.05) is 0 Å². The van der Waals surface area contributed by atoms with E-state index in [-0.39, 0.29) is 0 Å². The number of aromatic nitrogens is 2. The third-order valence-electron chi connectivity index (χ3n) is 4.75. The Hall–Kier alpha value is -1.16. The van der Waals surface area contributed by atoms with Crippen LogP contribution in [0.3, 0.4) is 0 Å². The average molecular weight is 260 g/mol. The topological polar surface area (TPSA) is 32.3 Å². The van der Waals surface area contributed by atoms with Crippen molar-refractivity contribution in [3.8, 4) is 0 Å². The van der Waals surface area contributed by atoms with E-state index in [1.165, 1.54) is 25.8 Å². The SMILES string of the molecule is Cc1cnc(N2CCC3(CC2)CC3CN(C)C)nc1. The lowest BCUT2D eigenvalue weighted by Gasteiger charge is -2.33. The van der Waals surface area contributed by atoms with E-state index in [0.717, 1.165) is 30.5 Å². The van der Waals surface area contributed by atoms with Crippen molar-refractivity contribution in [2.45, 2.75) is 26.2 Å². The Balaban J connectivity index is 1.57. The highest BCUT2D eigenvalue weighted by Crippen LogP contribution is 2.59. The normalized spacial score (nSPS) is 25.1. The van der Waals surface area contributed by atoms with E-state index >= 15 is 0 Å². The fourth-order valence-corrected chi connectivity index (χ4v) is 3.44. The second-order valence-electron chi connectivity index (χ2n) is 6.57. The van der Waals surface area contributed by atoms with Gasteiger partial charge in [-0.15, -0.1) is 0 Å². The van der Waals surface area contributed by atoms with Crippen molar-refractivity contribution in [1.82, 2.24) is 14.9 Å². The molecule has 2 aliphatic rings. The standard InChI is InChI=1S/C15H24N4/c1-12-9-16-14(17-10-12)19-6-4-15(5-7-19)8-13(15)11-18(2)3/h9-10,13H,4-8,11H2,1-3H3. The van der Waals surface area contributed by atoms with Gasteiger partial charge in [0.25, 0.3) is 0 Å². The molecule has 3 rings (SSSR count). The highest BCUT2D eigenvalue weighted by molar-refractivity contribution is 5.31. The van der Waals surface area contributed by atoms with Crippen molar-refractivity contribution in [2.75, 3.05) is 38.6 Å². The molecule has 0 radical (unpaired) electrons. The summed E-state index contributed by atoms with van der Waals surface area (Å²) in [6.45, 7) is 5.52. The predicted octanol–water partition coefficient (Wildman–Crippen LogP) is 1.95. The van der Waals surface area contributed by atoms with Crippen LogP contribution < -0.4 is 4.90 Å². The number of anilines is 1. The molecule has 0 amide bonds. The summed E-state index contributed by atoms with van der Waals surface area (Å²) in [4.78, 5) is 13.6. The molecule has 1 unspecified atom stereocenters. The molecular weight excluding hydrogens is 236 g/mol. The van der Waals surface area contributed by atoms with Gasteiger partial charge >= 0.3 is 0 Å². The van der Waals surface area contributed by atoms with Crippen molar-refractivity contribution in [2.24, 2.45) is 11.3 Å². The largest absolute Gasteiger partial charge is 0.341 e. The molecule has 19 heavy (non-hydrogen) atoms. The molecular formula is C15H24N4. The smallest absolute Gasteiger partial charge is 0.225 e. The van der Waals surface area contributed by atoms with Crippen LogP contribution in [0.5, 0.6) is 0 Å². The van der Waals surface area contributed by atoms with Crippen LogP contribution in [0.2, 0.25) is 0 Å². The Bertz CT molecular complexity index is 432. The van der Waals surface area contributed by atoms with Crippen LogP contribution in [0.15, 0.2) is 12.4 Å². The summed E-state index contributed by atoms with van der Waals surface area (Å²) >= 11 is 0. The first-order valence-electron chi connectivity index (χ1n) is 7.27. The minimum absolute atomic E-state index is 0.644. The van der Waals surface area contributed by atoms with E-state index in [2.05, 4.69) is 33.9 Å². The maximum atomic E-state index is 4.44. The number of aryl methyl sites for hydroxylation is 1. The Morgan fingerprint density at radius 2 is 1.89 bits per heavy atom. The minimum Gasteiger partial charge on any atom is -0.341 e. The molecule has 1 spiro atoms. The minimum atomic E-state index is 0.644. The molecule has 4 heteroatoms. The molecule has 0 N–H and O–H groups in total. The van der Waals surface area contributed by atoms with Crippen molar-refractivity contribution >= 4 is 5.95 Å². The van der Waals surface area contributed by atoms with Gasteiger partial charge in [-0.2, -0.15) is 0 Å². The third kappa shape index (κ3) is 2.59. The molecule has 104 valence electrons. The van der Waals surface area contributed by atoms with E-state index in [9.17, 15) is 0 Å². The number of hydrogen-bond donors (Lipinski definition) is 0. The summed E-state index contributed by atoms with van der Waals surface area (Å²) < 4.78 is 0. The van der Waals surface area contributed by atoms with Gasteiger partial charge in [-0.3, -0.25) is 0 Å². The van der Waals surface area contributed by atoms with Crippen LogP contribution in [-0.4, -0.2) is 48.6 Å². The Kier molecular flexibility index (Phi) is 3.21. The van der Waals surface area contributed by atoms with E-state index in [1.54, 1.807) is 0 Å². The van der Waals surface area contributed by atoms with E-state index < -0.39 is 0 Å². The summed E-state index contributed by atoms with van der Waals surface area (Å²) in [6, 6.07) is 0. The number of nitrogens with zero attached hydrogens (tertiary/aromatic N) is 4. The van der Waals surface area contributed by atoms with Crippen molar-refractivity contribution < 1.29 is 0 Å². The van der Waals surface area contributed by atoms with Crippen LogP contribution in [0, 0.1) is 18.3 Å². The summed E-state index contributed by atoms with van der Waals surface area (Å²) in [5.41, 5.74) is 1.77. The molecule has 2 fully saturated rings. The zero-order chi connectivity index (χ0) is 13.5. The van der Waals surface area contributed by atoms with Gasteiger partial charge in [0, 0.05) is 32.0 Å². The highest BCUT2D eigenvalue weighted by atomic mass is 15.3. The van der Waals surface area contributed by atoms with Crippen LogP contribution >= 0.6 is 0 Å². The summed E-state index contributed by atoms with van der Waals surface area (Å²) in [5, 5.41) is 0. The van der Waals surface area contributed by atoms with Gasteiger partial charge in [0.1, 0.15) is 0 Å². The van der Waals surface area contributed by atoms with Gasteiger partial charge in [0.05, 0.1) is 0 Å². The van der Waals surface area contributed by atoms with Gasteiger partial charge < -0.3 is 9.80 Å². The first-order valence-corrected chi connectivity index (χ1v) is 7.27. The Labute approximate surface area is 115 Å². The van der Waals surface area contributed by atoms with Gasteiger partial charge in [0.2, 0.25) is 5.95 Å². The first kappa shape index (κ1) is 12.9. The van der Waals surface area contributed by atoms with Gasteiger partial charge in [-0.25, -0.2) is 9.97 Å². The molecule has 1 aromatic rings. The number of rotatable bonds is 3. The molecule has 1 saturated heterocycles. The molecule has 1 atom stereocenters. The maximum Gasteiger partial charge on any atom is 0.225 e. The van der Waals surface area contributed by atoms with Gasteiger partial charge in [0.15, 0.2) is 0 Å². The molecule has 1 aliphatic carbocycles. The van der Waals surface area contributed by atoms with Crippen molar-refractivity contribution in [3.05, 3.63) is 18.0 Å². The lowest BCUT2D eigenvalue weighted by molar-refractivity contribution is 0.299. The summed E-state index contributed by atoms with van der Waals surface area (Å²) in [7, 11) is 4.36. The molecule has 4 nitrogen and oxygen atoms in total. The molecule has 1 aliphatic heterocycles. The van der Waals surface area contributed by atoms with Crippen LogP contribution in [0.1, 0.15) is 24.8 Å². The number of piperidine rings is 1. The number of hydrogen-bond acceptors (Lipinski definition) is 4. The first-order chi connectivity index (χ1) is 9.09. The van der Waals surface area contributed by atoms with Gasteiger partial charge in [-0.05, 0) is 57.2 Å². The van der Waals surface area contributed by atoms with Crippen LogP contribution in [0.25, 0.3) is 0 Å².